The second kappa shape index (κ2) is 11.3. The highest BCUT2D eigenvalue weighted by molar-refractivity contribution is 6.09. The number of fused-ring (bicyclic) bond motifs is 1. The summed E-state index contributed by atoms with van der Waals surface area (Å²) in [4.78, 5) is 37.2. The number of carbonyl (C=O) groups excluding carboxylic acids is 2. The van der Waals surface area contributed by atoms with Gasteiger partial charge in [-0.05, 0) is 48.9 Å². The number of hydrogen-bond donors (Lipinski definition) is 0. The van der Waals surface area contributed by atoms with Gasteiger partial charge in [-0.15, -0.1) is 0 Å². The zero-order valence-corrected chi connectivity index (χ0v) is 18.4. The predicted octanol–water partition coefficient (Wildman–Crippen LogP) is 2.86. The molecule has 33 heavy (non-hydrogen) atoms. The van der Waals surface area contributed by atoms with Gasteiger partial charge in [0.2, 0.25) is 13.3 Å². The first-order valence-electron chi connectivity index (χ1n) is 10.4. The highest BCUT2D eigenvalue weighted by Crippen LogP contribution is 2.38. The van der Waals surface area contributed by atoms with Crippen LogP contribution in [0.5, 0.6) is 17.2 Å². The minimum Gasteiger partial charge on any atom is -0.491 e. The van der Waals surface area contributed by atoms with Crippen molar-refractivity contribution in [3.8, 4) is 17.2 Å². The van der Waals surface area contributed by atoms with Gasteiger partial charge in [-0.3, -0.25) is 19.7 Å². The Bertz CT molecular complexity index is 990. The summed E-state index contributed by atoms with van der Waals surface area (Å²) in [7, 11) is 1.56. The molecule has 1 aliphatic heterocycles. The van der Waals surface area contributed by atoms with E-state index in [0.29, 0.717) is 36.0 Å². The zero-order chi connectivity index (χ0) is 23.8. The Balaban J connectivity index is 1.93. The molecule has 0 saturated carbocycles. The van der Waals surface area contributed by atoms with Gasteiger partial charge >= 0.3 is 5.97 Å². The second-order valence-electron chi connectivity index (χ2n) is 7.19. The number of nitrogens with zero attached hydrogens (tertiary/aromatic N) is 1. The molecule has 0 saturated heterocycles. The third-order valence-corrected chi connectivity index (χ3v) is 5.09. The summed E-state index contributed by atoms with van der Waals surface area (Å²) in [6.45, 7) is 1.76. The molecule has 2 unspecified atom stereocenters. The molecular formula is C23H25NO9. The highest BCUT2D eigenvalue weighted by atomic mass is 16.7. The van der Waals surface area contributed by atoms with Crippen molar-refractivity contribution >= 4 is 11.8 Å². The van der Waals surface area contributed by atoms with Crippen molar-refractivity contribution in [1.82, 2.24) is 0 Å². The first-order chi connectivity index (χ1) is 15.9. The van der Waals surface area contributed by atoms with Gasteiger partial charge in [0, 0.05) is 17.6 Å². The molecule has 2 atom stereocenters. The summed E-state index contributed by atoms with van der Waals surface area (Å²) >= 11 is 0. The van der Waals surface area contributed by atoms with Crippen molar-refractivity contribution in [3.05, 3.63) is 63.7 Å². The lowest BCUT2D eigenvalue weighted by Gasteiger charge is -2.22. The van der Waals surface area contributed by atoms with E-state index < -0.39 is 35.1 Å². The molecule has 1 aliphatic rings. The number of ketones is 1. The van der Waals surface area contributed by atoms with Crippen LogP contribution in [-0.2, 0) is 14.3 Å². The molecular weight excluding hydrogens is 434 g/mol. The number of Topliss-reactive ketones (excluding diaryl/α,β-unsaturated/α-hetero) is 1. The fourth-order valence-electron chi connectivity index (χ4n) is 3.53. The third kappa shape index (κ3) is 5.98. The Morgan fingerprint density at radius 1 is 1.09 bits per heavy atom. The van der Waals surface area contributed by atoms with Crippen LogP contribution in [-0.4, -0.2) is 56.9 Å². The molecule has 0 bridgehead atoms. The van der Waals surface area contributed by atoms with Gasteiger partial charge in [0.15, 0.2) is 17.3 Å². The standard InChI is InChI=1S/C23H25NO9/c1-3-30-23(26)21(22(25)15-4-7-17(8-5-15)31-11-10-29-2)18(13-24(27)28)16-6-9-19-20(12-16)33-14-32-19/h4-9,12,18,21H,3,10-11,13-14H2,1-2H3. The summed E-state index contributed by atoms with van der Waals surface area (Å²) in [5.74, 6) is -2.49. The molecule has 0 amide bonds. The molecule has 0 spiro atoms. The van der Waals surface area contributed by atoms with E-state index in [9.17, 15) is 19.7 Å². The maximum absolute atomic E-state index is 13.4. The number of carbonyl (C=O) groups is 2. The highest BCUT2D eigenvalue weighted by Gasteiger charge is 2.41. The molecule has 3 rings (SSSR count). The fourth-order valence-corrected chi connectivity index (χ4v) is 3.53. The van der Waals surface area contributed by atoms with Crippen molar-refractivity contribution in [3.63, 3.8) is 0 Å². The van der Waals surface area contributed by atoms with E-state index in [-0.39, 0.29) is 19.0 Å². The van der Waals surface area contributed by atoms with Gasteiger partial charge in [0.25, 0.3) is 0 Å². The number of methoxy groups -OCH3 is 1. The number of esters is 1. The van der Waals surface area contributed by atoms with Crippen LogP contribution in [0.25, 0.3) is 0 Å². The molecule has 0 aromatic heterocycles. The molecule has 10 nitrogen and oxygen atoms in total. The summed E-state index contributed by atoms with van der Waals surface area (Å²) in [5.41, 5.74) is 0.614. The van der Waals surface area contributed by atoms with Gasteiger partial charge in [0.1, 0.15) is 18.3 Å². The SMILES string of the molecule is CCOC(=O)C(C(=O)c1ccc(OCCOC)cc1)C(C[N+](=O)[O-])c1ccc2c(c1)OCO2. The van der Waals surface area contributed by atoms with E-state index in [4.69, 9.17) is 23.7 Å². The summed E-state index contributed by atoms with van der Waals surface area (Å²) < 4.78 is 26.2. The largest absolute Gasteiger partial charge is 0.491 e. The molecule has 0 aliphatic carbocycles. The average Bonchev–Trinajstić information content (AvgIpc) is 3.27. The zero-order valence-electron chi connectivity index (χ0n) is 18.4. The van der Waals surface area contributed by atoms with Crippen LogP contribution in [0.2, 0.25) is 0 Å². The minimum absolute atomic E-state index is 0.0255. The number of hydrogen-bond acceptors (Lipinski definition) is 9. The first kappa shape index (κ1) is 24.0. The van der Waals surface area contributed by atoms with Crippen LogP contribution in [0, 0.1) is 16.0 Å². The van der Waals surface area contributed by atoms with E-state index in [2.05, 4.69) is 0 Å². The molecule has 1 heterocycles. The predicted molar refractivity (Wildman–Crippen MR) is 115 cm³/mol. The second-order valence-corrected chi connectivity index (χ2v) is 7.19. The Morgan fingerprint density at radius 3 is 2.48 bits per heavy atom. The lowest BCUT2D eigenvalue weighted by molar-refractivity contribution is -0.484. The lowest BCUT2D eigenvalue weighted by atomic mass is 9.81. The lowest BCUT2D eigenvalue weighted by Crippen LogP contribution is -2.35. The Labute approximate surface area is 190 Å². The van der Waals surface area contributed by atoms with E-state index in [0.717, 1.165) is 0 Å². The van der Waals surface area contributed by atoms with Crippen molar-refractivity contribution in [2.75, 3.05) is 40.3 Å². The molecule has 0 fully saturated rings. The molecule has 0 radical (unpaired) electrons. The first-order valence-corrected chi connectivity index (χ1v) is 10.4. The van der Waals surface area contributed by atoms with Crippen molar-refractivity contribution in [2.45, 2.75) is 12.8 Å². The fraction of sp³-hybridized carbons (Fsp3) is 0.391. The quantitative estimate of drug-likeness (QED) is 0.118. The van der Waals surface area contributed by atoms with Crippen LogP contribution < -0.4 is 14.2 Å². The van der Waals surface area contributed by atoms with E-state index >= 15 is 0 Å². The van der Waals surface area contributed by atoms with E-state index in [1.807, 2.05) is 0 Å². The van der Waals surface area contributed by atoms with Crippen LogP contribution in [0.1, 0.15) is 28.8 Å². The minimum atomic E-state index is -1.42. The maximum Gasteiger partial charge on any atom is 0.317 e. The number of ether oxygens (including phenoxy) is 5. The third-order valence-electron chi connectivity index (χ3n) is 5.09. The van der Waals surface area contributed by atoms with E-state index in [1.165, 1.54) is 12.1 Å². The van der Waals surface area contributed by atoms with Crippen LogP contribution in [0.15, 0.2) is 42.5 Å². The van der Waals surface area contributed by atoms with Gasteiger partial charge in [-0.2, -0.15) is 0 Å². The Hall–Kier alpha value is -3.66. The molecule has 0 N–H and O–H groups in total. The number of rotatable bonds is 12. The normalized spacial score (nSPS) is 13.8. The molecule has 2 aromatic rings. The Morgan fingerprint density at radius 2 is 1.82 bits per heavy atom. The van der Waals surface area contributed by atoms with Crippen molar-refractivity contribution in [2.24, 2.45) is 5.92 Å². The van der Waals surface area contributed by atoms with Crippen LogP contribution in [0.3, 0.4) is 0 Å². The van der Waals surface area contributed by atoms with Gasteiger partial charge in [-0.1, -0.05) is 6.07 Å². The van der Waals surface area contributed by atoms with Gasteiger partial charge < -0.3 is 23.7 Å². The van der Waals surface area contributed by atoms with Crippen LogP contribution >= 0.6 is 0 Å². The summed E-state index contributed by atoms with van der Waals surface area (Å²) in [6.07, 6.45) is 0. The van der Waals surface area contributed by atoms with E-state index in [1.54, 1.807) is 44.4 Å². The molecule has 176 valence electrons. The maximum atomic E-state index is 13.4. The molecule has 10 heteroatoms. The monoisotopic (exact) mass is 459 g/mol. The summed E-state index contributed by atoms with van der Waals surface area (Å²) in [6, 6.07) is 11.0. The van der Waals surface area contributed by atoms with Gasteiger partial charge in [-0.25, -0.2) is 0 Å². The smallest absolute Gasteiger partial charge is 0.317 e. The van der Waals surface area contributed by atoms with Crippen molar-refractivity contribution < 1.29 is 38.2 Å². The number of nitro groups is 1. The molecule has 2 aromatic carbocycles. The van der Waals surface area contributed by atoms with Gasteiger partial charge in [0.05, 0.1) is 19.1 Å². The average molecular weight is 459 g/mol. The number of benzene rings is 2. The summed E-state index contributed by atoms with van der Waals surface area (Å²) in [5, 5.41) is 11.5. The van der Waals surface area contributed by atoms with Crippen molar-refractivity contribution in [1.29, 1.82) is 0 Å². The van der Waals surface area contributed by atoms with Crippen LogP contribution in [0.4, 0.5) is 0 Å². The topological polar surface area (TPSA) is 123 Å². The Kier molecular flexibility index (Phi) is 8.20.